The first-order chi connectivity index (χ1) is 12.1. The molecule has 0 amide bonds. The van der Waals surface area contributed by atoms with Crippen molar-refractivity contribution in [2.75, 3.05) is 31.3 Å². The summed E-state index contributed by atoms with van der Waals surface area (Å²) in [4.78, 5) is 29.7. The first-order valence-corrected chi connectivity index (χ1v) is 7.97. The molecular formula is C18H20N4O3. The number of aromatic nitrogens is 1. The van der Waals surface area contributed by atoms with Crippen LogP contribution in [0.4, 0.5) is 11.4 Å². The van der Waals surface area contributed by atoms with E-state index in [1.165, 1.54) is 0 Å². The highest BCUT2D eigenvalue weighted by Gasteiger charge is 2.23. The molecule has 0 spiro atoms. The summed E-state index contributed by atoms with van der Waals surface area (Å²) in [6.45, 7) is 0.909. The summed E-state index contributed by atoms with van der Waals surface area (Å²) < 4.78 is 5.45. The van der Waals surface area contributed by atoms with Crippen LogP contribution in [-0.2, 0) is 6.54 Å². The first kappa shape index (κ1) is 16.9. The van der Waals surface area contributed by atoms with Crippen LogP contribution in [0.15, 0.2) is 56.9 Å². The molecule has 0 aliphatic rings. The summed E-state index contributed by atoms with van der Waals surface area (Å²) in [5, 5.41) is 6.12. The van der Waals surface area contributed by atoms with Crippen molar-refractivity contribution >= 4 is 11.4 Å². The zero-order valence-electron chi connectivity index (χ0n) is 14.2. The highest BCUT2D eigenvalue weighted by Crippen LogP contribution is 2.21. The van der Waals surface area contributed by atoms with Crippen molar-refractivity contribution < 1.29 is 4.42 Å². The number of furan rings is 1. The van der Waals surface area contributed by atoms with E-state index in [0.717, 1.165) is 11.3 Å². The van der Waals surface area contributed by atoms with Crippen LogP contribution < -0.4 is 21.5 Å². The van der Waals surface area contributed by atoms with Crippen molar-refractivity contribution in [2.24, 2.45) is 0 Å². The van der Waals surface area contributed by atoms with E-state index in [9.17, 15) is 9.59 Å². The number of anilines is 2. The molecule has 0 unspecified atom stereocenters. The number of hydrogen-bond acceptors (Lipinski definition) is 7. The maximum absolute atomic E-state index is 11.9. The van der Waals surface area contributed by atoms with Gasteiger partial charge in [0.05, 0.1) is 12.3 Å². The summed E-state index contributed by atoms with van der Waals surface area (Å²) in [7, 11) is 3.86. The summed E-state index contributed by atoms with van der Waals surface area (Å²) in [6, 6.07) is 7.37. The second-order valence-corrected chi connectivity index (χ2v) is 5.99. The van der Waals surface area contributed by atoms with Gasteiger partial charge in [0, 0.05) is 25.5 Å². The summed E-state index contributed by atoms with van der Waals surface area (Å²) in [6.07, 6.45) is 4.98. The number of rotatable bonds is 8. The quantitative estimate of drug-likeness (QED) is 0.602. The van der Waals surface area contributed by atoms with Crippen molar-refractivity contribution in [1.82, 2.24) is 9.88 Å². The Morgan fingerprint density at radius 3 is 2.36 bits per heavy atom. The molecule has 0 aliphatic carbocycles. The van der Waals surface area contributed by atoms with Crippen LogP contribution in [0.3, 0.4) is 0 Å². The van der Waals surface area contributed by atoms with Gasteiger partial charge in [0.2, 0.25) is 0 Å². The zero-order chi connectivity index (χ0) is 17.8. The fraction of sp³-hybridized carbons (Fsp3) is 0.278. The Kier molecular flexibility index (Phi) is 4.95. The molecule has 2 heterocycles. The lowest BCUT2D eigenvalue weighted by atomic mass is 10.1. The number of nitrogens with one attached hydrogen (secondary N) is 2. The Hall–Kier alpha value is -2.93. The van der Waals surface area contributed by atoms with E-state index in [0.29, 0.717) is 24.5 Å². The largest absolute Gasteiger partial charge is 0.468 e. The van der Waals surface area contributed by atoms with Gasteiger partial charge in [-0.1, -0.05) is 0 Å². The minimum absolute atomic E-state index is 0.0487. The second-order valence-electron chi connectivity index (χ2n) is 5.99. The highest BCUT2D eigenvalue weighted by atomic mass is 16.3. The molecule has 130 valence electrons. The van der Waals surface area contributed by atoms with Gasteiger partial charge in [-0.15, -0.1) is 0 Å². The molecule has 0 fully saturated rings. The predicted octanol–water partition coefficient (Wildman–Crippen LogP) is 1.60. The Bertz CT molecular complexity index is 881. The average Bonchev–Trinajstić information content (AvgIpc) is 3.14. The third-order valence-electron chi connectivity index (χ3n) is 4.10. The van der Waals surface area contributed by atoms with E-state index >= 15 is 0 Å². The molecule has 2 aromatic heterocycles. The standard InChI is InChI=1S/C18H20N4O3/c1-22(2)13(14-4-3-9-25-14)11-21-16-15(17(23)18(16)24)20-10-12-5-7-19-8-6-12/h3-9,13,20-21H,10-11H2,1-2H3/t13-/m0/s1. The monoisotopic (exact) mass is 340 g/mol. The molecule has 1 aromatic carbocycles. The Morgan fingerprint density at radius 1 is 1.08 bits per heavy atom. The molecule has 0 bridgehead atoms. The average molecular weight is 340 g/mol. The van der Waals surface area contributed by atoms with Crippen molar-refractivity contribution in [3.8, 4) is 0 Å². The normalized spacial score (nSPS) is 12.4. The highest BCUT2D eigenvalue weighted by molar-refractivity contribution is 5.74. The fourth-order valence-corrected chi connectivity index (χ4v) is 2.64. The molecule has 0 aliphatic heterocycles. The van der Waals surface area contributed by atoms with Crippen LogP contribution in [-0.4, -0.2) is 30.5 Å². The maximum Gasteiger partial charge on any atom is 0.253 e. The van der Waals surface area contributed by atoms with Gasteiger partial charge >= 0.3 is 0 Å². The molecule has 7 nitrogen and oxygen atoms in total. The van der Waals surface area contributed by atoms with Crippen molar-refractivity contribution in [3.05, 3.63) is 74.7 Å². The van der Waals surface area contributed by atoms with Gasteiger partial charge in [0.25, 0.3) is 10.9 Å². The predicted molar refractivity (Wildman–Crippen MR) is 96.5 cm³/mol. The van der Waals surface area contributed by atoms with Gasteiger partial charge in [-0.3, -0.25) is 19.5 Å². The molecule has 1 atom stereocenters. The Balaban J connectivity index is 1.68. The Morgan fingerprint density at radius 2 is 1.76 bits per heavy atom. The van der Waals surface area contributed by atoms with Gasteiger partial charge in [-0.2, -0.15) is 0 Å². The molecule has 25 heavy (non-hydrogen) atoms. The van der Waals surface area contributed by atoms with Gasteiger partial charge in [0.15, 0.2) is 0 Å². The van der Waals surface area contributed by atoms with Crippen LogP contribution in [0.2, 0.25) is 0 Å². The second kappa shape index (κ2) is 7.31. The third-order valence-corrected chi connectivity index (χ3v) is 4.10. The summed E-state index contributed by atoms with van der Waals surface area (Å²) in [5.74, 6) is 0.794. The molecule has 3 rings (SSSR count). The lowest BCUT2D eigenvalue weighted by Crippen LogP contribution is -2.39. The van der Waals surface area contributed by atoms with Gasteiger partial charge in [-0.25, -0.2) is 0 Å². The van der Waals surface area contributed by atoms with E-state index in [1.54, 1.807) is 18.7 Å². The molecule has 0 saturated carbocycles. The summed E-state index contributed by atoms with van der Waals surface area (Å²) in [5.41, 5.74) is 0.664. The van der Waals surface area contributed by atoms with Crippen molar-refractivity contribution in [2.45, 2.75) is 12.6 Å². The molecule has 0 saturated heterocycles. The van der Waals surface area contributed by atoms with Gasteiger partial charge in [-0.05, 0) is 43.9 Å². The number of pyridine rings is 1. The van der Waals surface area contributed by atoms with Crippen LogP contribution in [0, 0.1) is 0 Å². The molecular weight excluding hydrogens is 320 g/mol. The molecule has 0 radical (unpaired) electrons. The minimum Gasteiger partial charge on any atom is -0.468 e. The lowest BCUT2D eigenvalue weighted by Gasteiger charge is -2.24. The summed E-state index contributed by atoms with van der Waals surface area (Å²) >= 11 is 0. The topological polar surface area (TPSA) is 87.5 Å². The zero-order valence-corrected chi connectivity index (χ0v) is 14.2. The molecule has 7 heteroatoms. The van der Waals surface area contributed by atoms with E-state index in [-0.39, 0.29) is 6.04 Å². The van der Waals surface area contributed by atoms with E-state index < -0.39 is 10.9 Å². The third kappa shape index (κ3) is 3.61. The van der Waals surface area contributed by atoms with Crippen LogP contribution in [0.25, 0.3) is 0 Å². The molecule has 3 aromatic rings. The van der Waals surface area contributed by atoms with Gasteiger partial charge < -0.3 is 15.1 Å². The van der Waals surface area contributed by atoms with Crippen LogP contribution in [0.1, 0.15) is 17.4 Å². The SMILES string of the molecule is CN(C)[C@@H](CNc1c(NCc2ccncc2)c(=O)c1=O)c1ccco1. The first-order valence-electron chi connectivity index (χ1n) is 7.97. The minimum atomic E-state index is -0.492. The number of nitrogens with zero attached hydrogens (tertiary/aromatic N) is 2. The number of hydrogen-bond donors (Lipinski definition) is 2. The smallest absolute Gasteiger partial charge is 0.253 e. The fourth-order valence-electron chi connectivity index (χ4n) is 2.64. The van der Waals surface area contributed by atoms with Crippen LogP contribution in [0.5, 0.6) is 0 Å². The van der Waals surface area contributed by atoms with Gasteiger partial charge in [0.1, 0.15) is 17.1 Å². The Labute approximate surface area is 145 Å². The maximum atomic E-state index is 11.9. The van der Waals surface area contributed by atoms with Crippen molar-refractivity contribution in [3.63, 3.8) is 0 Å². The molecule has 2 N–H and O–H groups in total. The van der Waals surface area contributed by atoms with E-state index in [1.807, 2.05) is 43.3 Å². The lowest BCUT2D eigenvalue weighted by molar-refractivity contribution is 0.269. The van der Waals surface area contributed by atoms with E-state index in [2.05, 4.69) is 15.6 Å². The van der Waals surface area contributed by atoms with E-state index in [4.69, 9.17) is 4.42 Å². The van der Waals surface area contributed by atoms with Crippen molar-refractivity contribution in [1.29, 1.82) is 0 Å². The van der Waals surface area contributed by atoms with Crippen LogP contribution >= 0.6 is 0 Å². The number of likely N-dealkylation sites (N-methyl/N-ethyl adjacent to an activating group) is 1.